The van der Waals surface area contributed by atoms with Crippen LogP contribution in [0.3, 0.4) is 0 Å². The Labute approximate surface area is 99.7 Å². The molecule has 4 heteroatoms. The second-order valence-corrected chi connectivity index (χ2v) is 5.80. The van der Waals surface area contributed by atoms with E-state index >= 15 is 0 Å². The zero-order chi connectivity index (χ0) is 11.3. The van der Waals surface area contributed by atoms with E-state index in [4.69, 9.17) is 0 Å². The van der Waals surface area contributed by atoms with Gasteiger partial charge in [0.15, 0.2) is 0 Å². The first kappa shape index (κ1) is 10.3. The molecule has 0 N–H and O–H groups in total. The van der Waals surface area contributed by atoms with Gasteiger partial charge in [0.1, 0.15) is 0 Å². The monoisotopic (exact) mass is 236 g/mol. The molecular formula is C12H16N2OS. The van der Waals surface area contributed by atoms with Crippen LogP contribution in [0.25, 0.3) is 0 Å². The zero-order valence-electron chi connectivity index (χ0n) is 9.69. The Morgan fingerprint density at radius 2 is 2.00 bits per heavy atom. The molecule has 1 aromatic heterocycles. The molecule has 1 spiro atoms. The highest BCUT2D eigenvalue weighted by Crippen LogP contribution is 2.49. The smallest absolute Gasteiger partial charge is 0.238 e. The Bertz CT molecular complexity index is 432. The molecule has 0 aromatic carbocycles. The van der Waals surface area contributed by atoms with Crippen molar-refractivity contribution in [3.63, 3.8) is 0 Å². The van der Waals surface area contributed by atoms with Gasteiger partial charge in [-0.25, -0.2) is 0 Å². The minimum atomic E-state index is -0.190. The number of thiophene rings is 1. The van der Waals surface area contributed by atoms with E-state index in [1.807, 2.05) is 11.9 Å². The lowest BCUT2D eigenvalue weighted by Crippen LogP contribution is -2.46. The molecule has 0 radical (unpaired) electrons. The largest absolute Gasteiger partial charge is 0.314 e. The van der Waals surface area contributed by atoms with Gasteiger partial charge in [-0.3, -0.25) is 4.79 Å². The first-order chi connectivity index (χ1) is 7.65. The summed E-state index contributed by atoms with van der Waals surface area (Å²) in [5.74, 6) is 0.308. The van der Waals surface area contributed by atoms with E-state index in [0.717, 1.165) is 31.6 Å². The summed E-state index contributed by atoms with van der Waals surface area (Å²) in [5, 5.41) is 2.10. The van der Waals surface area contributed by atoms with Crippen molar-refractivity contribution in [3.8, 4) is 0 Å². The Hall–Kier alpha value is -0.870. The van der Waals surface area contributed by atoms with Crippen molar-refractivity contribution in [1.82, 2.24) is 4.90 Å². The van der Waals surface area contributed by atoms with Crippen molar-refractivity contribution in [3.05, 3.63) is 16.3 Å². The van der Waals surface area contributed by atoms with E-state index in [9.17, 15) is 4.79 Å². The molecule has 86 valence electrons. The molecule has 0 saturated carbocycles. The van der Waals surface area contributed by atoms with Gasteiger partial charge in [0, 0.05) is 11.9 Å². The highest BCUT2D eigenvalue weighted by atomic mass is 32.1. The summed E-state index contributed by atoms with van der Waals surface area (Å²) >= 11 is 1.75. The van der Waals surface area contributed by atoms with Crippen LogP contribution < -0.4 is 4.90 Å². The Morgan fingerprint density at radius 1 is 1.31 bits per heavy atom. The molecule has 0 unspecified atom stereocenters. The first-order valence-electron chi connectivity index (χ1n) is 5.70. The van der Waals surface area contributed by atoms with Crippen LogP contribution in [0.4, 0.5) is 5.69 Å². The molecule has 2 aliphatic rings. The minimum absolute atomic E-state index is 0.190. The number of nitrogens with zero attached hydrogens (tertiary/aromatic N) is 2. The summed E-state index contributed by atoms with van der Waals surface area (Å²) in [6, 6.07) is 2.07. The maximum atomic E-state index is 12.4. The number of carbonyl (C=O) groups is 1. The van der Waals surface area contributed by atoms with E-state index in [2.05, 4.69) is 23.4 Å². The van der Waals surface area contributed by atoms with Gasteiger partial charge in [-0.15, -0.1) is 11.3 Å². The molecule has 3 heterocycles. The molecule has 0 bridgehead atoms. The van der Waals surface area contributed by atoms with Crippen molar-refractivity contribution in [2.45, 2.75) is 18.3 Å². The van der Waals surface area contributed by atoms with E-state index < -0.39 is 0 Å². The van der Waals surface area contributed by atoms with Crippen molar-refractivity contribution >= 4 is 22.9 Å². The summed E-state index contributed by atoms with van der Waals surface area (Å²) < 4.78 is 0. The molecular weight excluding hydrogens is 220 g/mol. The van der Waals surface area contributed by atoms with Crippen LogP contribution in [0.15, 0.2) is 11.4 Å². The zero-order valence-corrected chi connectivity index (χ0v) is 10.5. The molecule has 3 nitrogen and oxygen atoms in total. The predicted octanol–water partition coefficient (Wildman–Crippen LogP) is 1.69. The summed E-state index contributed by atoms with van der Waals surface area (Å²) in [5.41, 5.74) is 0.949. The SMILES string of the molecule is CN1CCC2(CC1)C(=O)N(C)c1ccsc12. The highest BCUT2D eigenvalue weighted by molar-refractivity contribution is 7.11. The normalized spacial score (nSPS) is 24.1. The van der Waals surface area contributed by atoms with Crippen LogP contribution in [-0.2, 0) is 10.2 Å². The van der Waals surface area contributed by atoms with Crippen molar-refractivity contribution < 1.29 is 4.79 Å². The number of rotatable bonds is 0. The third kappa shape index (κ3) is 1.14. The topological polar surface area (TPSA) is 23.6 Å². The second kappa shape index (κ2) is 3.31. The quantitative estimate of drug-likeness (QED) is 0.684. The van der Waals surface area contributed by atoms with Crippen LogP contribution in [0, 0.1) is 0 Å². The number of likely N-dealkylation sites (tertiary alicyclic amines) is 1. The molecule has 1 fully saturated rings. The van der Waals surface area contributed by atoms with Gasteiger partial charge >= 0.3 is 0 Å². The number of hydrogen-bond donors (Lipinski definition) is 0. The number of carbonyl (C=O) groups excluding carboxylic acids is 1. The second-order valence-electron chi connectivity index (χ2n) is 4.88. The molecule has 1 amide bonds. The van der Waals surface area contributed by atoms with Crippen LogP contribution in [0.5, 0.6) is 0 Å². The van der Waals surface area contributed by atoms with Crippen molar-refractivity contribution in [1.29, 1.82) is 0 Å². The van der Waals surface area contributed by atoms with Gasteiger partial charge in [0.2, 0.25) is 5.91 Å². The highest BCUT2D eigenvalue weighted by Gasteiger charge is 2.51. The van der Waals surface area contributed by atoms with E-state index in [1.54, 1.807) is 11.3 Å². The third-order valence-electron chi connectivity index (χ3n) is 4.00. The lowest BCUT2D eigenvalue weighted by molar-refractivity contribution is -0.124. The van der Waals surface area contributed by atoms with Crippen molar-refractivity contribution in [2.24, 2.45) is 0 Å². The predicted molar refractivity (Wildman–Crippen MR) is 66.1 cm³/mol. The maximum absolute atomic E-state index is 12.4. The molecule has 3 rings (SSSR count). The standard InChI is InChI=1S/C12H16N2OS/c1-13-6-4-12(5-7-13)10-9(3-8-16-10)14(2)11(12)15/h3,8H,4-7H2,1-2H3. The molecule has 2 aliphatic heterocycles. The lowest BCUT2D eigenvalue weighted by atomic mass is 9.78. The molecule has 1 saturated heterocycles. The fourth-order valence-electron chi connectivity index (χ4n) is 2.89. The number of likely N-dealkylation sites (N-methyl/N-ethyl adjacent to an activating group) is 1. The van der Waals surface area contributed by atoms with Crippen LogP contribution in [0.1, 0.15) is 17.7 Å². The van der Waals surface area contributed by atoms with E-state index in [-0.39, 0.29) is 5.41 Å². The molecule has 16 heavy (non-hydrogen) atoms. The number of fused-ring (bicyclic) bond motifs is 2. The molecule has 0 aliphatic carbocycles. The van der Waals surface area contributed by atoms with Gasteiger partial charge in [0.25, 0.3) is 0 Å². The number of anilines is 1. The average molecular weight is 236 g/mol. The van der Waals surface area contributed by atoms with Gasteiger partial charge in [-0.05, 0) is 44.4 Å². The van der Waals surface area contributed by atoms with Gasteiger partial charge in [-0.2, -0.15) is 0 Å². The van der Waals surface area contributed by atoms with Crippen molar-refractivity contribution in [2.75, 3.05) is 32.1 Å². The summed E-state index contributed by atoms with van der Waals surface area (Å²) in [4.78, 5) is 17.9. The third-order valence-corrected chi connectivity index (χ3v) is 5.10. The summed E-state index contributed by atoms with van der Waals surface area (Å²) in [6.07, 6.45) is 1.94. The summed E-state index contributed by atoms with van der Waals surface area (Å²) in [6.45, 7) is 2.05. The minimum Gasteiger partial charge on any atom is -0.314 e. The van der Waals surface area contributed by atoms with E-state index in [1.165, 1.54) is 4.88 Å². The number of hydrogen-bond acceptors (Lipinski definition) is 3. The van der Waals surface area contributed by atoms with Gasteiger partial charge < -0.3 is 9.80 Å². The molecule has 0 atom stereocenters. The summed E-state index contributed by atoms with van der Waals surface area (Å²) in [7, 11) is 4.03. The van der Waals surface area contributed by atoms with Crippen LogP contribution in [-0.4, -0.2) is 38.0 Å². The van der Waals surface area contributed by atoms with Crippen LogP contribution in [0.2, 0.25) is 0 Å². The Morgan fingerprint density at radius 3 is 2.69 bits per heavy atom. The number of piperidine rings is 1. The Kier molecular flexibility index (Phi) is 2.13. The average Bonchev–Trinajstić information content (AvgIpc) is 2.83. The maximum Gasteiger partial charge on any atom is 0.238 e. The van der Waals surface area contributed by atoms with Gasteiger partial charge in [0.05, 0.1) is 11.1 Å². The number of amides is 1. The first-order valence-corrected chi connectivity index (χ1v) is 6.58. The lowest BCUT2D eigenvalue weighted by Gasteiger charge is -2.36. The van der Waals surface area contributed by atoms with Gasteiger partial charge in [-0.1, -0.05) is 0 Å². The molecule has 1 aromatic rings. The Balaban J connectivity index is 2.05. The fraction of sp³-hybridized carbons (Fsp3) is 0.583. The van der Waals surface area contributed by atoms with E-state index in [0.29, 0.717) is 5.91 Å². The van der Waals surface area contributed by atoms with Crippen LogP contribution >= 0.6 is 11.3 Å². The fourth-order valence-corrected chi connectivity index (χ4v) is 4.07.